The van der Waals surface area contributed by atoms with Gasteiger partial charge in [0.05, 0.1) is 5.56 Å². The molecule has 3 aromatic rings. The van der Waals surface area contributed by atoms with Crippen LogP contribution in [0.1, 0.15) is 53.5 Å². The Morgan fingerprint density at radius 1 is 1.17 bits per heavy atom. The fourth-order valence-corrected chi connectivity index (χ4v) is 3.43. The first-order valence-corrected chi connectivity index (χ1v) is 9.72. The molecule has 2 aromatic carbocycles. The van der Waals surface area contributed by atoms with Gasteiger partial charge in [0.2, 0.25) is 5.82 Å². The molecule has 8 heteroatoms. The molecule has 4 rings (SSSR count). The number of nitrogens with one attached hydrogen (secondary N) is 1. The maximum Gasteiger partial charge on any atom is 0.257 e. The van der Waals surface area contributed by atoms with E-state index in [9.17, 15) is 4.79 Å². The topological polar surface area (TPSA) is 116 Å². The lowest BCUT2D eigenvalue weighted by Crippen LogP contribution is -2.51. The van der Waals surface area contributed by atoms with Crippen molar-refractivity contribution in [2.75, 3.05) is 6.61 Å². The zero-order valence-corrected chi connectivity index (χ0v) is 16.2. The number of nitrogens with zero attached hydrogens (tertiary/aromatic N) is 3. The van der Waals surface area contributed by atoms with Crippen molar-refractivity contribution in [1.29, 1.82) is 0 Å². The summed E-state index contributed by atoms with van der Waals surface area (Å²) in [6.07, 6.45) is 4.14. The number of H-pyrrole nitrogens is 1. The zero-order valence-electron chi connectivity index (χ0n) is 16.2. The molecule has 0 saturated carbocycles. The van der Waals surface area contributed by atoms with Crippen molar-refractivity contribution in [1.82, 2.24) is 20.6 Å². The summed E-state index contributed by atoms with van der Waals surface area (Å²) in [6, 6.07) is 12.9. The number of rotatable bonds is 7. The molecule has 3 N–H and O–H groups in total. The van der Waals surface area contributed by atoms with E-state index >= 15 is 0 Å². The molecule has 1 atom stereocenters. The monoisotopic (exact) mass is 393 g/mol. The minimum atomic E-state index is -1.43. The minimum absolute atomic E-state index is 0.00474. The van der Waals surface area contributed by atoms with Crippen LogP contribution in [0.4, 0.5) is 0 Å². The Morgan fingerprint density at radius 3 is 2.79 bits per heavy atom. The second kappa shape index (κ2) is 8.00. The van der Waals surface area contributed by atoms with Crippen LogP contribution < -0.4 is 15.2 Å². The van der Waals surface area contributed by atoms with Crippen molar-refractivity contribution in [2.24, 2.45) is 5.73 Å². The van der Waals surface area contributed by atoms with Gasteiger partial charge in [-0.1, -0.05) is 50.1 Å². The van der Waals surface area contributed by atoms with E-state index in [2.05, 4.69) is 27.5 Å². The Morgan fingerprint density at radius 2 is 2.00 bits per heavy atom. The molecule has 0 fully saturated rings. The number of fused-ring (bicyclic) bond motifs is 1. The number of ether oxygens (including phenoxy) is 2. The Kier molecular flexibility index (Phi) is 5.26. The summed E-state index contributed by atoms with van der Waals surface area (Å²) in [5, 5.41) is 13.7. The van der Waals surface area contributed by atoms with Gasteiger partial charge in [-0.2, -0.15) is 5.21 Å². The quantitative estimate of drug-likeness (QED) is 0.468. The van der Waals surface area contributed by atoms with E-state index in [4.69, 9.17) is 15.2 Å². The van der Waals surface area contributed by atoms with Gasteiger partial charge in [0.15, 0.2) is 17.3 Å². The second-order valence-corrected chi connectivity index (χ2v) is 7.09. The summed E-state index contributed by atoms with van der Waals surface area (Å²) < 4.78 is 11.8. The number of unbranched alkanes of at least 4 members (excludes halogenated alkanes) is 2. The maximum atomic E-state index is 13.4. The normalized spacial score (nSPS) is 17.9. The summed E-state index contributed by atoms with van der Waals surface area (Å²) in [6.45, 7) is 2.16. The summed E-state index contributed by atoms with van der Waals surface area (Å²) in [5.41, 5.74) is 6.96. The molecule has 1 unspecified atom stereocenters. The number of nitrogens with two attached hydrogens (primary N) is 1. The predicted molar refractivity (Wildman–Crippen MR) is 106 cm³/mol. The summed E-state index contributed by atoms with van der Waals surface area (Å²) >= 11 is 0. The van der Waals surface area contributed by atoms with Gasteiger partial charge in [-0.05, 0) is 35.8 Å². The molecule has 0 saturated heterocycles. The number of tetrazole rings is 1. The third-order valence-electron chi connectivity index (χ3n) is 4.99. The number of aromatic nitrogens is 4. The van der Waals surface area contributed by atoms with Crippen LogP contribution in [-0.4, -0.2) is 33.0 Å². The fourth-order valence-electron chi connectivity index (χ4n) is 3.43. The lowest BCUT2D eigenvalue weighted by molar-refractivity contribution is -0.0154. The standard InChI is InChI=1S/C21H23N5O3/c1-2-3-4-8-14-9-5-6-10-15(14)18(27)16-11-7-12-17-19(16)29-21(22,13-28-17)20-23-25-26-24-20/h5-7,9-12H,2-4,8,13,22H2,1H3,(H,23,24,25,26). The Bertz CT molecular complexity index is 1010. The number of benzene rings is 2. The average molecular weight is 393 g/mol. The smallest absolute Gasteiger partial charge is 0.257 e. The maximum absolute atomic E-state index is 13.4. The van der Waals surface area contributed by atoms with Gasteiger partial charge in [-0.3, -0.25) is 10.5 Å². The van der Waals surface area contributed by atoms with E-state index < -0.39 is 5.72 Å². The largest absolute Gasteiger partial charge is 0.483 e. The highest BCUT2D eigenvalue weighted by molar-refractivity contribution is 6.12. The third kappa shape index (κ3) is 3.71. The number of aryl methyl sites for hydroxylation is 1. The molecule has 29 heavy (non-hydrogen) atoms. The number of hydrogen-bond acceptors (Lipinski definition) is 7. The lowest BCUT2D eigenvalue weighted by atomic mass is 9.94. The lowest BCUT2D eigenvalue weighted by Gasteiger charge is -2.33. The van der Waals surface area contributed by atoms with Crippen molar-refractivity contribution in [3.8, 4) is 11.5 Å². The molecule has 0 amide bonds. The SMILES string of the molecule is CCCCCc1ccccc1C(=O)c1cccc2c1OC(N)(c1nn[nH]n1)CO2. The Hall–Kier alpha value is -3.26. The van der Waals surface area contributed by atoms with Crippen molar-refractivity contribution >= 4 is 5.78 Å². The van der Waals surface area contributed by atoms with E-state index in [-0.39, 0.29) is 18.2 Å². The van der Waals surface area contributed by atoms with Crippen LogP contribution >= 0.6 is 0 Å². The highest BCUT2D eigenvalue weighted by Crippen LogP contribution is 2.40. The number of carbonyl (C=O) groups is 1. The summed E-state index contributed by atoms with van der Waals surface area (Å²) in [4.78, 5) is 13.4. The molecular weight excluding hydrogens is 370 g/mol. The summed E-state index contributed by atoms with van der Waals surface area (Å²) in [7, 11) is 0. The molecule has 0 aliphatic carbocycles. The molecule has 2 heterocycles. The van der Waals surface area contributed by atoms with Crippen LogP contribution in [0, 0.1) is 0 Å². The van der Waals surface area contributed by atoms with E-state index in [0.717, 1.165) is 31.2 Å². The molecule has 0 bridgehead atoms. The van der Waals surface area contributed by atoms with Crippen LogP contribution in [-0.2, 0) is 12.1 Å². The van der Waals surface area contributed by atoms with Gasteiger partial charge in [0, 0.05) is 5.56 Å². The van der Waals surface area contributed by atoms with Crippen LogP contribution in [0.3, 0.4) is 0 Å². The van der Waals surface area contributed by atoms with E-state index in [0.29, 0.717) is 22.6 Å². The summed E-state index contributed by atoms with van der Waals surface area (Å²) in [5.74, 6) is 0.781. The van der Waals surface area contributed by atoms with Gasteiger partial charge in [-0.15, -0.1) is 10.2 Å². The van der Waals surface area contributed by atoms with E-state index in [1.54, 1.807) is 18.2 Å². The molecule has 1 aromatic heterocycles. The minimum Gasteiger partial charge on any atom is -0.483 e. The van der Waals surface area contributed by atoms with Gasteiger partial charge in [-0.25, -0.2) is 0 Å². The van der Waals surface area contributed by atoms with Gasteiger partial charge >= 0.3 is 0 Å². The number of carbonyl (C=O) groups excluding carboxylic acids is 1. The van der Waals surface area contributed by atoms with Crippen molar-refractivity contribution < 1.29 is 14.3 Å². The molecule has 0 radical (unpaired) electrons. The third-order valence-corrected chi connectivity index (χ3v) is 4.99. The first kappa shape index (κ1) is 19.1. The predicted octanol–water partition coefficient (Wildman–Crippen LogP) is 2.75. The first-order valence-electron chi connectivity index (χ1n) is 9.72. The van der Waals surface area contributed by atoms with Crippen molar-refractivity contribution in [3.05, 3.63) is 65.0 Å². The highest BCUT2D eigenvalue weighted by atomic mass is 16.6. The van der Waals surface area contributed by atoms with Crippen LogP contribution in [0.5, 0.6) is 11.5 Å². The molecule has 8 nitrogen and oxygen atoms in total. The van der Waals surface area contributed by atoms with Crippen LogP contribution in [0.15, 0.2) is 42.5 Å². The second-order valence-electron chi connectivity index (χ2n) is 7.09. The first-order chi connectivity index (χ1) is 14.1. The van der Waals surface area contributed by atoms with Crippen molar-refractivity contribution in [3.63, 3.8) is 0 Å². The van der Waals surface area contributed by atoms with Crippen LogP contribution in [0.25, 0.3) is 0 Å². The fraction of sp³-hybridized carbons (Fsp3) is 0.333. The highest BCUT2D eigenvalue weighted by Gasteiger charge is 2.41. The van der Waals surface area contributed by atoms with Gasteiger partial charge < -0.3 is 9.47 Å². The molecular formula is C21H23N5O3. The number of ketones is 1. The van der Waals surface area contributed by atoms with Crippen molar-refractivity contribution in [2.45, 2.75) is 38.3 Å². The Labute approximate surface area is 168 Å². The van der Waals surface area contributed by atoms with Crippen LogP contribution in [0.2, 0.25) is 0 Å². The number of aromatic amines is 1. The van der Waals surface area contributed by atoms with E-state index in [1.807, 2.05) is 24.3 Å². The number of para-hydroxylation sites is 1. The molecule has 150 valence electrons. The molecule has 1 aliphatic rings. The number of hydrogen-bond donors (Lipinski definition) is 2. The van der Waals surface area contributed by atoms with Gasteiger partial charge in [0.25, 0.3) is 5.72 Å². The molecule has 1 aliphatic heterocycles. The van der Waals surface area contributed by atoms with Gasteiger partial charge in [0.1, 0.15) is 6.61 Å². The zero-order chi connectivity index (χ0) is 20.3. The van der Waals surface area contributed by atoms with E-state index in [1.165, 1.54) is 0 Å². The average Bonchev–Trinajstić information content (AvgIpc) is 3.29. The Balaban J connectivity index is 1.69. The molecule has 0 spiro atoms.